The molecular weight excluding hydrogens is 549 g/mol. The number of carbonyl (C=O) groups is 1. The van der Waals surface area contributed by atoms with E-state index in [4.69, 9.17) is 21.1 Å². The molecule has 13 heteroatoms. The number of fused-ring (bicyclic) bond motifs is 1. The maximum Gasteiger partial charge on any atom is 0.451 e. The van der Waals surface area contributed by atoms with Crippen LogP contribution in [0.5, 0.6) is 5.88 Å². The molecule has 9 nitrogen and oxygen atoms in total. The van der Waals surface area contributed by atoms with Gasteiger partial charge in [-0.1, -0.05) is 11.6 Å². The first-order chi connectivity index (χ1) is 19.2. The first kappa shape index (κ1) is 28.5. The number of likely N-dealkylation sites (N-methyl/N-ethyl adjacent to an activating group) is 1. The van der Waals surface area contributed by atoms with Gasteiger partial charge in [0.05, 0.1) is 35.4 Å². The largest absolute Gasteiger partial charge is 0.476 e. The van der Waals surface area contributed by atoms with Crippen molar-refractivity contribution >= 4 is 28.4 Å². The van der Waals surface area contributed by atoms with Crippen LogP contribution >= 0.6 is 11.6 Å². The van der Waals surface area contributed by atoms with Gasteiger partial charge in [0, 0.05) is 55.1 Å². The standard InChI is InChI=1S/C27H30ClF3N6O3/c1-36-8-2-3-18(36)16-40-23-7-4-19-21(35-23)6-5-20(28)24(19)25(38)32-15-22(37-9-11-39-12-10-37)17-13-33-26(34-14-17)27(29,30)31/h4-7,13-14,18,22H,2-3,8-12,15-16H2,1H3,(H,32,38)/t18-,22?/m1/s1. The van der Waals surface area contributed by atoms with Gasteiger partial charge < -0.3 is 19.7 Å². The fourth-order valence-electron chi connectivity index (χ4n) is 5.12. The Morgan fingerprint density at radius 2 is 1.93 bits per heavy atom. The third-order valence-electron chi connectivity index (χ3n) is 7.37. The Hall–Kier alpha value is -3.06. The minimum Gasteiger partial charge on any atom is -0.476 e. The number of nitrogens with one attached hydrogen (secondary N) is 1. The molecule has 1 N–H and O–H groups in total. The number of nitrogens with zero attached hydrogens (tertiary/aromatic N) is 5. The molecule has 2 aliphatic rings. The van der Waals surface area contributed by atoms with Crippen molar-refractivity contribution in [3.63, 3.8) is 0 Å². The van der Waals surface area contributed by atoms with E-state index in [2.05, 4.69) is 32.2 Å². The number of rotatable bonds is 8. The number of benzene rings is 1. The van der Waals surface area contributed by atoms with Crippen molar-refractivity contribution in [2.75, 3.05) is 53.0 Å². The van der Waals surface area contributed by atoms with E-state index in [1.54, 1.807) is 24.3 Å². The van der Waals surface area contributed by atoms with Gasteiger partial charge in [0.2, 0.25) is 11.7 Å². The molecule has 1 amide bonds. The van der Waals surface area contributed by atoms with Crippen molar-refractivity contribution in [3.05, 3.63) is 58.6 Å². The third-order valence-corrected chi connectivity index (χ3v) is 7.68. The number of ether oxygens (including phenoxy) is 2. The lowest BCUT2D eigenvalue weighted by Gasteiger charge is -2.34. The molecule has 2 atom stereocenters. The summed E-state index contributed by atoms with van der Waals surface area (Å²) < 4.78 is 50.4. The number of halogens is 4. The van der Waals surface area contributed by atoms with Crippen LogP contribution in [0.4, 0.5) is 13.2 Å². The lowest BCUT2D eigenvalue weighted by Crippen LogP contribution is -2.44. The first-order valence-corrected chi connectivity index (χ1v) is 13.5. The molecule has 0 saturated carbocycles. The van der Waals surface area contributed by atoms with Crippen molar-refractivity contribution in [1.29, 1.82) is 0 Å². The van der Waals surface area contributed by atoms with Gasteiger partial charge in [0.15, 0.2) is 0 Å². The Labute approximate surface area is 234 Å². The summed E-state index contributed by atoms with van der Waals surface area (Å²) in [4.78, 5) is 29.3. The van der Waals surface area contributed by atoms with Crippen LogP contribution in [0, 0.1) is 0 Å². The Balaban J connectivity index is 1.33. The summed E-state index contributed by atoms with van der Waals surface area (Å²) in [5.41, 5.74) is 1.28. The summed E-state index contributed by atoms with van der Waals surface area (Å²) in [5.74, 6) is -1.17. The molecule has 2 aromatic heterocycles. The van der Waals surface area contributed by atoms with E-state index in [-0.39, 0.29) is 17.1 Å². The highest BCUT2D eigenvalue weighted by Gasteiger charge is 2.35. The van der Waals surface area contributed by atoms with Gasteiger partial charge in [-0.15, -0.1) is 0 Å². The molecule has 1 unspecified atom stereocenters. The second kappa shape index (κ2) is 12.2. The summed E-state index contributed by atoms with van der Waals surface area (Å²) in [6.07, 6.45) is -0.110. The number of hydrogen-bond donors (Lipinski definition) is 1. The van der Waals surface area contributed by atoms with E-state index < -0.39 is 23.9 Å². The van der Waals surface area contributed by atoms with Crippen LogP contribution in [0.1, 0.15) is 40.6 Å². The molecule has 1 aromatic carbocycles. The van der Waals surface area contributed by atoms with Crippen LogP contribution in [0.25, 0.3) is 10.9 Å². The van der Waals surface area contributed by atoms with Crippen LogP contribution in [0.2, 0.25) is 5.02 Å². The molecule has 0 bridgehead atoms. The summed E-state index contributed by atoms with van der Waals surface area (Å²) >= 11 is 6.46. The summed E-state index contributed by atoms with van der Waals surface area (Å²) in [7, 11) is 2.08. The summed E-state index contributed by atoms with van der Waals surface area (Å²) in [6.45, 7) is 3.70. The number of aromatic nitrogens is 3. The zero-order valence-electron chi connectivity index (χ0n) is 22.0. The average Bonchev–Trinajstić information content (AvgIpc) is 3.36. The molecule has 2 saturated heterocycles. The molecule has 5 rings (SSSR count). The Morgan fingerprint density at radius 3 is 2.60 bits per heavy atom. The number of pyridine rings is 1. The second-order valence-corrected chi connectivity index (χ2v) is 10.3. The Bertz CT molecular complexity index is 1340. The predicted molar refractivity (Wildman–Crippen MR) is 142 cm³/mol. The molecule has 2 fully saturated rings. The average molecular weight is 579 g/mol. The number of amides is 1. The molecule has 4 heterocycles. The van der Waals surface area contributed by atoms with Crippen molar-refractivity contribution in [2.24, 2.45) is 0 Å². The minimum absolute atomic E-state index is 0.101. The van der Waals surface area contributed by atoms with Gasteiger partial charge in [-0.05, 0) is 44.6 Å². The normalized spacial score (nSPS) is 19.6. The Kier molecular flexibility index (Phi) is 8.69. The maximum atomic E-state index is 13.4. The highest BCUT2D eigenvalue weighted by molar-refractivity contribution is 6.35. The van der Waals surface area contributed by atoms with Gasteiger partial charge in [-0.2, -0.15) is 13.2 Å². The van der Waals surface area contributed by atoms with Crippen LogP contribution in [-0.4, -0.2) is 89.7 Å². The van der Waals surface area contributed by atoms with E-state index in [1.807, 2.05) is 4.90 Å². The monoisotopic (exact) mass is 578 g/mol. The molecule has 0 spiro atoms. The van der Waals surface area contributed by atoms with E-state index >= 15 is 0 Å². The Morgan fingerprint density at radius 1 is 1.18 bits per heavy atom. The molecule has 214 valence electrons. The fourth-order valence-corrected chi connectivity index (χ4v) is 5.37. The van der Waals surface area contributed by atoms with Gasteiger partial charge >= 0.3 is 6.18 Å². The molecule has 40 heavy (non-hydrogen) atoms. The quantitative estimate of drug-likeness (QED) is 0.429. The number of carbonyl (C=O) groups excluding carboxylic acids is 1. The van der Waals surface area contributed by atoms with Gasteiger partial charge in [-0.3, -0.25) is 9.69 Å². The summed E-state index contributed by atoms with van der Waals surface area (Å²) in [5, 5.41) is 3.73. The van der Waals surface area contributed by atoms with Crippen LogP contribution in [0.15, 0.2) is 36.7 Å². The van der Waals surface area contributed by atoms with Crippen molar-refractivity contribution in [1.82, 2.24) is 30.1 Å². The van der Waals surface area contributed by atoms with Crippen LogP contribution in [0.3, 0.4) is 0 Å². The topological polar surface area (TPSA) is 92.7 Å². The highest BCUT2D eigenvalue weighted by atomic mass is 35.5. The van der Waals surface area contributed by atoms with Crippen molar-refractivity contribution in [3.8, 4) is 5.88 Å². The number of morpholine rings is 1. The summed E-state index contributed by atoms with van der Waals surface area (Å²) in [6, 6.07) is 6.72. The second-order valence-electron chi connectivity index (χ2n) is 9.94. The predicted octanol–water partition coefficient (Wildman–Crippen LogP) is 3.97. The molecular formula is C27H30ClF3N6O3. The fraction of sp³-hybridized carbons (Fsp3) is 0.481. The van der Waals surface area contributed by atoms with E-state index in [9.17, 15) is 18.0 Å². The molecule has 0 radical (unpaired) electrons. The van der Waals surface area contributed by atoms with Crippen molar-refractivity contribution in [2.45, 2.75) is 31.1 Å². The zero-order valence-corrected chi connectivity index (χ0v) is 22.7. The minimum atomic E-state index is -4.64. The van der Waals surface area contributed by atoms with E-state index in [0.29, 0.717) is 61.3 Å². The molecule has 0 aliphatic carbocycles. The SMILES string of the molecule is CN1CCC[C@@H]1COc1ccc2c(C(=O)NCC(c3cnc(C(F)(F)F)nc3)N3CCOCC3)c(Cl)ccc2n1. The first-order valence-electron chi connectivity index (χ1n) is 13.1. The van der Waals surface area contributed by atoms with E-state index in [0.717, 1.165) is 31.8 Å². The van der Waals surface area contributed by atoms with Crippen LogP contribution in [-0.2, 0) is 10.9 Å². The number of alkyl halides is 3. The van der Waals surface area contributed by atoms with Gasteiger partial charge in [-0.25, -0.2) is 15.0 Å². The maximum absolute atomic E-state index is 13.4. The highest BCUT2D eigenvalue weighted by Crippen LogP contribution is 2.29. The van der Waals surface area contributed by atoms with E-state index in [1.165, 1.54) is 0 Å². The van der Waals surface area contributed by atoms with Gasteiger partial charge in [0.1, 0.15) is 6.61 Å². The lowest BCUT2D eigenvalue weighted by molar-refractivity contribution is -0.145. The molecule has 3 aromatic rings. The lowest BCUT2D eigenvalue weighted by atomic mass is 10.1. The van der Waals surface area contributed by atoms with Crippen molar-refractivity contribution < 1.29 is 27.4 Å². The third kappa shape index (κ3) is 6.46. The number of likely N-dealkylation sites (tertiary alicyclic amines) is 1. The van der Waals surface area contributed by atoms with Crippen LogP contribution < -0.4 is 10.1 Å². The smallest absolute Gasteiger partial charge is 0.451 e. The number of hydrogen-bond acceptors (Lipinski definition) is 8. The molecule has 2 aliphatic heterocycles. The van der Waals surface area contributed by atoms with Gasteiger partial charge in [0.25, 0.3) is 5.91 Å². The zero-order chi connectivity index (χ0) is 28.3.